The number of unbranched alkanes of at least 4 members (excludes halogenated alkanes) is 1. The number of nitrogens with one attached hydrogen (secondary N) is 2. The molecule has 0 saturated heterocycles. The molecule has 0 aromatic carbocycles. The Morgan fingerprint density at radius 3 is 2.07 bits per heavy atom. The lowest BCUT2D eigenvalue weighted by Gasteiger charge is -2.12. The molecule has 2 nitrogen and oxygen atoms in total. The smallest absolute Gasteiger partial charge is 0.0144 e. The predicted molar refractivity (Wildman–Crippen MR) is 68.6 cm³/mol. The summed E-state index contributed by atoms with van der Waals surface area (Å²) in [5.41, 5.74) is 2.27. The largest absolute Gasteiger partial charge is 0.389 e. The maximum Gasteiger partial charge on any atom is 0.0144 e. The first-order valence-electron chi connectivity index (χ1n) is 5.92. The summed E-state index contributed by atoms with van der Waals surface area (Å²) in [6.07, 6.45) is 3.37. The van der Waals surface area contributed by atoms with Crippen LogP contribution in [0.4, 0.5) is 0 Å². The number of allylic oxidation sites excluding steroid dienone is 2. The van der Waals surface area contributed by atoms with E-state index in [4.69, 9.17) is 0 Å². The van der Waals surface area contributed by atoms with Gasteiger partial charge in [-0.1, -0.05) is 33.9 Å². The fourth-order valence-corrected chi connectivity index (χ4v) is 1.09. The second-order valence-corrected chi connectivity index (χ2v) is 4.20. The van der Waals surface area contributed by atoms with E-state index in [0.717, 1.165) is 30.9 Å². The predicted octanol–water partition coefficient (Wildman–Crippen LogP) is 3.04. The molecule has 0 atom stereocenters. The quantitative estimate of drug-likeness (QED) is 0.572. The zero-order chi connectivity index (χ0) is 11.7. The van der Waals surface area contributed by atoms with Crippen LogP contribution in [0.5, 0.6) is 0 Å². The van der Waals surface area contributed by atoms with Gasteiger partial charge in [0.15, 0.2) is 0 Å². The second kappa shape index (κ2) is 8.39. The molecule has 0 rings (SSSR count). The Kier molecular flexibility index (Phi) is 7.88. The number of hydrogen-bond acceptors (Lipinski definition) is 2. The molecule has 0 radical (unpaired) electrons. The minimum Gasteiger partial charge on any atom is -0.389 e. The van der Waals surface area contributed by atoms with Crippen molar-refractivity contribution in [3.63, 3.8) is 0 Å². The molecule has 0 fully saturated rings. The molecule has 0 amide bonds. The molecule has 0 aromatic heterocycles. The van der Waals surface area contributed by atoms with Crippen LogP contribution in [0.25, 0.3) is 0 Å². The molecule has 0 unspecified atom stereocenters. The first-order valence-corrected chi connectivity index (χ1v) is 5.92. The Bertz CT molecular complexity index is 195. The Labute approximate surface area is 94.8 Å². The van der Waals surface area contributed by atoms with E-state index in [2.05, 4.69) is 44.6 Å². The van der Waals surface area contributed by atoms with E-state index in [-0.39, 0.29) is 0 Å². The van der Waals surface area contributed by atoms with Crippen molar-refractivity contribution >= 4 is 0 Å². The van der Waals surface area contributed by atoms with Gasteiger partial charge in [-0.15, -0.1) is 0 Å². The molecule has 0 aliphatic rings. The molecule has 0 aromatic rings. The molecular weight excluding hydrogens is 184 g/mol. The molecule has 0 aliphatic heterocycles. The molecule has 2 heteroatoms. The zero-order valence-electron chi connectivity index (χ0n) is 10.5. The highest BCUT2D eigenvalue weighted by Gasteiger charge is 1.97. The van der Waals surface area contributed by atoms with Gasteiger partial charge >= 0.3 is 0 Å². The molecule has 0 aliphatic carbocycles. The fraction of sp³-hybridized carbons (Fsp3) is 0.692. The Hall–Kier alpha value is -0.920. The van der Waals surface area contributed by atoms with Gasteiger partial charge in [0.05, 0.1) is 0 Å². The highest BCUT2D eigenvalue weighted by molar-refractivity contribution is 4.94. The van der Waals surface area contributed by atoms with E-state index in [1.165, 1.54) is 12.8 Å². The van der Waals surface area contributed by atoms with Crippen LogP contribution in [-0.2, 0) is 0 Å². The van der Waals surface area contributed by atoms with Gasteiger partial charge in [-0.25, -0.2) is 0 Å². The Balaban J connectivity index is 3.25. The van der Waals surface area contributed by atoms with Crippen LogP contribution in [0, 0.1) is 5.92 Å². The molecule has 0 bridgehead atoms. The van der Waals surface area contributed by atoms with E-state index >= 15 is 0 Å². The van der Waals surface area contributed by atoms with Crippen molar-refractivity contribution < 1.29 is 0 Å². The van der Waals surface area contributed by atoms with E-state index < -0.39 is 0 Å². The lowest BCUT2D eigenvalue weighted by atomic mass is 10.1. The third-order valence-corrected chi connectivity index (χ3v) is 2.45. The van der Waals surface area contributed by atoms with E-state index in [1.807, 2.05) is 0 Å². The summed E-state index contributed by atoms with van der Waals surface area (Å²) in [5.74, 6) is 0.531. The lowest BCUT2D eigenvalue weighted by Crippen LogP contribution is -2.19. The first-order chi connectivity index (χ1) is 7.07. The van der Waals surface area contributed by atoms with Crippen LogP contribution in [0.1, 0.15) is 40.0 Å². The van der Waals surface area contributed by atoms with Gasteiger partial charge < -0.3 is 10.6 Å². The standard InChI is InChI=1S/C13H26N2/c1-6-12(4)14-9-7-8-10-15-13(5)11(2)3/h11,14-15H,4-10H2,1-3H3. The summed E-state index contributed by atoms with van der Waals surface area (Å²) in [6, 6.07) is 0. The molecule has 2 N–H and O–H groups in total. The van der Waals surface area contributed by atoms with Crippen LogP contribution >= 0.6 is 0 Å². The van der Waals surface area contributed by atoms with Gasteiger partial charge in [0, 0.05) is 24.5 Å². The van der Waals surface area contributed by atoms with Crippen LogP contribution in [0.15, 0.2) is 24.6 Å². The molecule has 15 heavy (non-hydrogen) atoms. The average Bonchev–Trinajstić information content (AvgIpc) is 2.22. The minimum absolute atomic E-state index is 0.531. The molecule has 88 valence electrons. The Morgan fingerprint density at radius 2 is 1.60 bits per heavy atom. The summed E-state index contributed by atoms with van der Waals surface area (Å²) in [4.78, 5) is 0. The fourth-order valence-electron chi connectivity index (χ4n) is 1.09. The summed E-state index contributed by atoms with van der Waals surface area (Å²) in [6.45, 7) is 16.4. The van der Waals surface area contributed by atoms with Crippen LogP contribution in [-0.4, -0.2) is 13.1 Å². The third kappa shape index (κ3) is 8.10. The topological polar surface area (TPSA) is 24.1 Å². The number of hydrogen-bond donors (Lipinski definition) is 2. The maximum absolute atomic E-state index is 3.97. The lowest BCUT2D eigenvalue weighted by molar-refractivity contribution is 0.602. The third-order valence-electron chi connectivity index (χ3n) is 2.45. The van der Waals surface area contributed by atoms with E-state index in [0.29, 0.717) is 5.92 Å². The average molecular weight is 210 g/mol. The molecule has 0 spiro atoms. The zero-order valence-corrected chi connectivity index (χ0v) is 10.5. The summed E-state index contributed by atoms with van der Waals surface area (Å²) >= 11 is 0. The highest BCUT2D eigenvalue weighted by atomic mass is 14.9. The van der Waals surface area contributed by atoms with Gasteiger partial charge in [-0.05, 0) is 25.2 Å². The highest BCUT2D eigenvalue weighted by Crippen LogP contribution is 2.02. The molecule has 0 saturated carbocycles. The van der Waals surface area contributed by atoms with E-state index in [1.54, 1.807) is 0 Å². The SMILES string of the molecule is C=C(CC)NCCCCNC(=C)C(C)C. The summed E-state index contributed by atoms with van der Waals surface area (Å²) < 4.78 is 0. The van der Waals surface area contributed by atoms with Crippen molar-refractivity contribution in [2.75, 3.05) is 13.1 Å². The summed E-state index contributed by atoms with van der Waals surface area (Å²) in [5, 5.41) is 6.64. The van der Waals surface area contributed by atoms with Gasteiger partial charge in [-0.2, -0.15) is 0 Å². The Morgan fingerprint density at radius 1 is 1.07 bits per heavy atom. The van der Waals surface area contributed by atoms with Gasteiger partial charge in [-0.3, -0.25) is 0 Å². The maximum atomic E-state index is 3.97. The van der Waals surface area contributed by atoms with Crippen molar-refractivity contribution in [2.45, 2.75) is 40.0 Å². The summed E-state index contributed by atoms with van der Waals surface area (Å²) in [7, 11) is 0. The van der Waals surface area contributed by atoms with Gasteiger partial charge in [0.1, 0.15) is 0 Å². The van der Waals surface area contributed by atoms with Crippen molar-refractivity contribution in [2.24, 2.45) is 5.92 Å². The molecular formula is C13H26N2. The van der Waals surface area contributed by atoms with Crippen LogP contribution in [0.2, 0.25) is 0 Å². The van der Waals surface area contributed by atoms with Gasteiger partial charge in [0.25, 0.3) is 0 Å². The van der Waals surface area contributed by atoms with Crippen LogP contribution < -0.4 is 10.6 Å². The van der Waals surface area contributed by atoms with Crippen molar-refractivity contribution in [1.82, 2.24) is 10.6 Å². The second-order valence-electron chi connectivity index (χ2n) is 4.20. The first kappa shape index (κ1) is 14.1. The number of rotatable bonds is 9. The molecule has 0 heterocycles. The van der Waals surface area contributed by atoms with Crippen molar-refractivity contribution in [3.8, 4) is 0 Å². The van der Waals surface area contributed by atoms with Gasteiger partial charge in [0.2, 0.25) is 0 Å². The monoisotopic (exact) mass is 210 g/mol. The van der Waals surface area contributed by atoms with Crippen molar-refractivity contribution in [3.05, 3.63) is 24.6 Å². The van der Waals surface area contributed by atoms with Crippen LogP contribution in [0.3, 0.4) is 0 Å². The normalized spacial score (nSPS) is 10.1. The minimum atomic E-state index is 0.531. The van der Waals surface area contributed by atoms with E-state index in [9.17, 15) is 0 Å². The van der Waals surface area contributed by atoms with Crippen molar-refractivity contribution in [1.29, 1.82) is 0 Å².